The van der Waals surface area contributed by atoms with Crippen LogP contribution in [0.3, 0.4) is 0 Å². The highest BCUT2D eigenvalue weighted by atomic mass is 35.5. The number of hydrogen-bond donors (Lipinski definition) is 1. The Bertz CT molecular complexity index is 651. The van der Waals surface area contributed by atoms with Gasteiger partial charge in [0.05, 0.1) is 18.3 Å². The van der Waals surface area contributed by atoms with Gasteiger partial charge < -0.3 is 14.8 Å². The summed E-state index contributed by atoms with van der Waals surface area (Å²) in [5.74, 6) is 0.733. The maximum atomic E-state index is 11.8. The fourth-order valence-corrected chi connectivity index (χ4v) is 3.06. The predicted molar refractivity (Wildman–Crippen MR) is 93.4 cm³/mol. The van der Waals surface area contributed by atoms with Crippen molar-refractivity contribution < 1.29 is 9.53 Å². The van der Waals surface area contributed by atoms with Gasteiger partial charge in [-0.1, -0.05) is 23.7 Å². The first-order valence-corrected chi connectivity index (χ1v) is 8.36. The summed E-state index contributed by atoms with van der Waals surface area (Å²) in [5, 5.41) is 4.03. The highest BCUT2D eigenvalue weighted by Gasteiger charge is 2.30. The van der Waals surface area contributed by atoms with Crippen LogP contribution < -0.4 is 10.1 Å². The summed E-state index contributed by atoms with van der Waals surface area (Å²) in [6.45, 7) is 2.91. The normalized spacial score (nSPS) is 19.6. The molecule has 3 rings (SSSR count). The van der Waals surface area contributed by atoms with Crippen LogP contribution in [-0.2, 0) is 4.79 Å². The van der Waals surface area contributed by atoms with Gasteiger partial charge in [-0.2, -0.15) is 0 Å². The van der Waals surface area contributed by atoms with Gasteiger partial charge in [-0.15, -0.1) is 0 Å². The Morgan fingerprint density at radius 3 is 2.92 bits per heavy atom. The second-order valence-corrected chi connectivity index (χ2v) is 6.16. The molecule has 2 aromatic rings. The van der Waals surface area contributed by atoms with Crippen LogP contribution in [0.15, 0.2) is 48.8 Å². The van der Waals surface area contributed by atoms with Crippen molar-refractivity contribution in [3.05, 3.63) is 59.4 Å². The molecule has 0 aliphatic carbocycles. The van der Waals surface area contributed by atoms with E-state index in [-0.39, 0.29) is 12.1 Å². The molecule has 0 saturated carbocycles. The SMILES string of the molecule is O=CC(c1ccc(Cl)cc1)N1CCNCC1COc1cccnc1. The van der Waals surface area contributed by atoms with E-state index in [1.54, 1.807) is 12.4 Å². The molecule has 0 bridgehead atoms. The first-order chi connectivity index (χ1) is 11.8. The molecule has 6 heteroatoms. The summed E-state index contributed by atoms with van der Waals surface area (Å²) in [6, 6.07) is 11.0. The molecule has 24 heavy (non-hydrogen) atoms. The predicted octanol–water partition coefficient (Wildman–Crippen LogP) is 2.33. The van der Waals surface area contributed by atoms with Gasteiger partial charge in [-0.3, -0.25) is 9.88 Å². The molecular weight excluding hydrogens is 326 g/mol. The highest BCUT2D eigenvalue weighted by Crippen LogP contribution is 2.24. The zero-order chi connectivity index (χ0) is 16.8. The van der Waals surface area contributed by atoms with Crippen molar-refractivity contribution in [3.8, 4) is 5.75 Å². The molecule has 2 heterocycles. The van der Waals surface area contributed by atoms with Crippen molar-refractivity contribution in [3.63, 3.8) is 0 Å². The Morgan fingerprint density at radius 1 is 1.38 bits per heavy atom. The quantitative estimate of drug-likeness (QED) is 0.814. The minimum Gasteiger partial charge on any atom is -0.490 e. The molecule has 126 valence electrons. The maximum absolute atomic E-state index is 11.8. The van der Waals surface area contributed by atoms with Crippen LogP contribution in [0.2, 0.25) is 5.02 Å². The van der Waals surface area contributed by atoms with E-state index < -0.39 is 0 Å². The van der Waals surface area contributed by atoms with Crippen LogP contribution in [0, 0.1) is 0 Å². The summed E-state index contributed by atoms with van der Waals surface area (Å²) in [6.07, 6.45) is 4.40. The fraction of sp³-hybridized carbons (Fsp3) is 0.333. The molecule has 2 atom stereocenters. The van der Waals surface area contributed by atoms with Crippen molar-refractivity contribution in [2.45, 2.75) is 12.1 Å². The standard InChI is InChI=1S/C18H20ClN3O2/c19-15-5-3-14(4-6-15)18(12-23)22-9-8-21-10-16(22)13-24-17-2-1-7-20-11-17/h1-7,11-12,16,18,21H,8-10,13H2. The van der Waals surface area contributed by atoms with Crippen molar-refractivity contribution in [1.82, 2.24) is 15.2 Å². The zero-order valence-corrected chi connectivity index (χ0v) is 14.0. The van der Waals surface area contributed by atoms with E-state index in [0.717, 1.165) is 37.2 Å². The van der Waals surface area contributed by atoms with E-state index in [1.165, 1.54) is 0 Å². The minimum atomic E-state index is -0.299. The summed E-state index contributed by atoms with van der Waals surface area (Å²) >= 11 is 5.95. The number of ether oxygens (including phenoxy) is 1. The van der Waals surface area contributed by atoms with Crippen LogP contribution in [0.4, 0.5) is 0 Å². The van der Waals surface area contributed by atoms with Gasteiger partial charge in [0.25, 0.3) is 0 Å². The van der Waals surface area contributed by atoms with Crippen molar-refractivity contribution in [1.29, 1.82) is 0 Å². The van der Waals surface area contributed by atoms with E-state index in [4.69, 9.17) is 16.3 Å². The summed E-state index contributed by atoms with van der Waals surface area (Å²) in [7, 11) is 0. The number of piperazine rings is 1. The van der Waals surface area contributed by atoms with Gasteiger partial charge in [0.15, 0.2) is 0 Å². The van der Waals surface area contributed by atoms with Crippen LogP contribution in [-0.4, -0.2) is 48.5 Å². The van der Waals surface area contributed by atoms with Gasteiger partial charge in [0.1, 0.15) is 18.6 Å². The second kappa shape index (κ2) is 8.24. The molecule has 1 aliphatic heterocycles. The fourth-order valence-electron chi connectivity index (χ4n) is 2.93. The van der Waals surface area contributed by atoms with Crippen LogP contribution in [0.25, 0.3) is 0 Å². The summed E-state index contributed by atoms with van der Waals surface area (Å²) in [5.41, 5.74) is 0.947. The lowest BCUT2D eigenvalue weighted by Gasteiger charge is -2.39. The van der Waals surface area contributed by atoms with Crippen LogP contribution in [0.1, 0.15) is 11.6 Å². The molecule has 2 unspecified atom stereocenters. The second-order valence-electron chi connectivity index (χ2n) is 5.73. The molecule has 0 amide bonds. The van der Waals surface area contributed by atoms with Gasteiger partial charge >= 0.3 is 0 Å². The number of aldehydes is 1. The molecule has 5 nitrogen and oxygen atoms in total. The lowest BCUT2D eigenvalue weighted by atomic mass is 10.0. The zero-order valence-electron chi connectivity index (χ0n) is 13.3. The Kier molecular flexibility index (Phi) is 5.80. The lowest BCUT2D eigenvalue weighted by molar-refractivity contribution is -0.114. The third-order valence-corrected chi connectivity index (χ3v) is 4.42. The molecular formula is C18H20ClN3O2. The van der Waals surface area contributed by atoms with Gasteiger partial charge in [-0.05, 0) is 29.8 Å². The average Bonchev–Trinajstić information content (AvgIpc) is 2.64. The Morgan fingerprint density at radius 2 is 2.21 bits per heavy atom. The minimum absolute atomic E-state index is 0.102. The lowest BCUT2D eigenvalue weighted by Crippen LogP contribution is -2.55. The molecule has 1 aromatic heterocycles. The topological polar surface area (TPSA) is 54.5 Å². The van der Waals surface area contributed by atoms with Crippen molar-refractivity contribution in [2.75, 3.05) is 26.2 Å². The molecule has 1 aromatic carbocycles. The first kappa shape index (κ1) is 16.9. The average molecular weight is 346 g/mol. The molecule has 0 spiro atoms. The summed E-state index contributed by atoms with van der Waals surface area (Å²) < 4.78 is 5.84. The van der Waals surface area contributed by atoms with Gasteiger partial charge in [-0.25, -0.2) is 0 Å². The van der Waals surface area contributed by atoms with E-state index in [2.05, 4.69) is 15.2 Å². The van der Waals surface area contributed by atoms with E-state index >= 15 is 0 Å². The Balaban J connectivity index is 1.72. The first-order valence-electron chi connectivity index (χ1n) is 7.98. The molecule has 1 aliphatic rings. The Labute approximate surface area is 146 Å². The monoisotopic (exact) mass is 345 g/mol. The number of nitrogens with one attached hydrogen (secondary N) is 1. The number of aromatic nitrogens is 1. The molecule has 1 N–H and O–H groups in total. The number of halogens is 1. The van der Waals surface area contributed by atoms with E-state index in [9.17, 15) is 4.79 Å². The van der Waals surface area contributed by atoms with Crippen molar-refractivity contribution >= 4 is 17.9 Å². The highest BCUT2D eigenvalue weighted by molar-refractivity contribution is 6.30. The van der Waals surface area contributed by atoms with E-state index in [0.29, 0.717) is 11.6 Å². The molecule has 1 fully saturated rings. The third kappa shape index (κ3) is 4.12. The largest absolute Gasteiger partial charge is 0.490 e. The Hall–Kier alpha value is -1.95. The summed E-state index contributed by atoms with van der Waals surface area (Å²) in [4.78, 5) is 18.0. The van der Waals surface area contributed by atoms with Crippen molar-refractivity contribution in [2.24, 2.45) is 0 Å². The third-order valence-electron chi connectivity index (χ3n) is 4.17. The molecule has 1 saturated heterocycles. The number of pyridine rings is 1. The van der Waals surface area contributed by atoms with Crippen LogP contribution in [0.5, 0.6) is 5.75 Å². The van der Waals surface area contributed by atoms with Gasteiger partial charge in [0, 0.05) is 30.9 Å². The number of carbonyl (C=O) groups excluding carboxylic acids is 1. The number of nitrogens with zero attached hydrogens (tertiary/aromatic N) is 2. The van der Waals surface area contributed by atoms with Crippen LogP contribution >= 0.6 is 11.6 Å². The number of benzene rings is 1. The number of hydrogen-bond acceptors (Lipinski definition) is 5. The maximum Gasteiger partial charge on any atom is 0.141 e. The number of carbonyl (C=O) groups is 1. The molecule has 0 radical (unpaired) electrons. The number of rotatable bonds is 6. The smallest absolute Gasteiger partial charge is 0.141 e. The van der Waals surface area contributed by atoms with E-state index in [1.807, 2.05) is 36.4 Å². The van der Waals surface area contributed by atoms with Gasteiger partial charge in [0.2, 0.25) is 0 Å².